The van der Waals surface area contributed by atoms with Crippen molar-refractivity contribution < 1.29 is 4.79 Å². The minimum absolute atomic E-state index is 0.241. The van der Waals surface area contributed by atoms with Gasteiger partial charge in [0.1, 0.15) is 0 Å². The Morgan fingerprint density at radius 1 is 1.19 bits per heavy atom. The Hall–Kier alpha value is -0.890. The SMILES string of the molecule is C=Cc1ccc(C(=O)CCCCCBr)cc1. The molecule has 2 heteroatoms. The van der Waals surface area contributed by atoms with Gasteiger partial charge in [-0.3, -0.25) is 4.79 Å². The van der Waals surface area contributed by atoms with E-state index in [0.29, 0.717) is 6.42 Å². The summed E-state index contributed by atoms with van der Waals surface area (Å²) >= 11 is 3.38. The summed E-state index contributed by atoms with van der Waals surface area (Å²) in [7, 11) is 0. The summed E-state index contributed by atoms with van der Waals surface area (Å²) in [4.78, 5) is 11.8. The highest BCUT2D eigenvalue weighted by Gasteiger charge is 2.04. The van der Waals surface area contributed by atoms with E-state index in [1.165, 1.54) is 0 Å². The molecule has 0 saturated heterocycles. The van der Waals surface area contributed by atoms with Gasteiger partial charge in [0.25, 0.3) is 0 Å². The van der Waals surface area contributed by atoms with Gasteiger partial charge in [-0.25, -0.2) is 0 Å². The second-order valence-corrected chi connectivity index (χ2v) is 4.54. The van der Waals surface area contributed by atoms with Crippen LogP contribution in [-0.4, -0.2) is 11.1 Å². The minimum atomic E-state index is 0.241. The van der Waals surface area contributed by atoms with E-state index >= 15 is 0 Å². The highest BCUT2D eigenvalue weighted by Crippen LogP contribution is 2.11. The molecular formula is C14H17BrO. The second kappa shape index (κ2) is 7.39. The van der Waals surface area contributed by atoms with Crippen LogP contribution in [-0.2, 0) is 0 Å². The number of hydrogen-bond donors (Lipinski definition) is 0. The molecule has 1 aromatic rings. The van der Waals surface area contributed by atoms with Gasteiger partial charge in [0.2, 0.25) is 0 Å². The summed E-state index contributed by atoms with van der Waals surface area (Å²) in [5.74, 6) is 0.241. The summed E-state index contributed by atoms with van der Waals surface area (Å²) < 4.78 is 0. The summed E-state index contributed by atoms with van der Waals surface area (Å²) in [6, 6.07) is 7.62. The molecule has 0 aliphatic rings. The molecule has 0 saturated carbocycles. The Morgan fingerprint density at radius 2 is 1.88 bits per heavy atom. The number of benzene rings is 1. The van der Waals surface area contributed by atoms with Crippen molar-refractivity contribution in [2.75, 3.05) is 5.33 Å². The van der Waals surface area contributed by atoms with Crippen LogP contribution >= 0.6 is 15.9 Å². The lowest BCUT2D eigenvalue weighted by atomic mass is 10.0. The fourth-order valence-corrected chi connectivity index (χ4v) is 1.90. The summed E-state index contributed by atoms with van der Waals surface area (Å²) in [5, 5.41) is 1.02. The lowest BCUT2D eigenvalue weighted by Gasteiger charge is -2.01. The third kappa shape index (κ3) is 4.31. The average Bonchev–Trinajstić information content (AvgIpc) is 2.34. The number of hydrogen-bond acceptors (Lipinski definition) is 1. The monoisotopic (exact) mass is 280 g/mol. The predicted molar refractivity (Wildman–Crippen MR) is 73.1 cm³/mol. The van der Waals surface area contributed by atoms with E-state index in [0.717, 1.165) is 35.7 Å². The molecule has 0 radical (unpaired) electrons. The van der Waals surface area contributed by atoms with E-state index in [4.69, 9.17) is 0 Å². The number of halogens is 1. The standard InChI is InChI=1S/C14H17BrO/c1-2-12-7-9-13(10-8-12)14(16)6-4-3-5-11-15/h2,7-10H,1,3-6,11H2. The van der Waals surface area contributed by atoms with Gasteiger partial charge < -0.3 is 0 Å². The maximum absolute atomic E-state index is 11.8. The number of ketones is 1. The Labute approximate surface area is 106 Å². The van der Waals surface area contributed by atoms with Crippen molar-refractivity contribution in [3.63, 3.8) is 0 Å². The zero-order chi connectivity index (χ0) is 11.8. The van der Waals surface area contributed by atoms with Gasteiger partial charge in [-0.15, -0.1) is 0 Å². The number of rotatable bonds is 7. The number of Topliss-reactive ketones (excluding diaryl/α,β-unsaturated/α-hetero) is 1. The molecule has 0 amide bonds. The second-order valence-electron chi connectivity index (χ2n) is 3.75. The minimum Gasteiger partial charge on any atom is -0.294 e. The van der Waals surface area contributed by atoms with Crippen molar-refractivity contribution in [2.45, 2.75) is 25.7 Å². The first kappa shape index (κ1) is 13.2. The van der Waals surface area contributed by atoms with Gasteiger partial charge in [0.05, 0.1) is 0 Å². The van der Waals surface area contributed by atoms with Crippen LogP contribution < -0.4 is 0 Å². The van der Waals surface area contributed by atoms with E-state index in [-0.39, 0.29) is 5.78 Å². The fraction of sp³-hybridized carbons (Fsp3) is 0.357. The molecule has 0 aliphatic carbocycles. The molecule has 0 aliphatic heterocycles. The molecule has 0 N–H and O–H groups in total. The van der Waals surface area contributed by atoms with Gasteiger partial charge >= 0.3 is 0 Å². The molecular weight excluding hydrogens is 264 g/mol. The summed E-state index contributed by atoms with van der Waals surface area (Å²) in [6.07, 6.45) is 5.67. The largest absolute Gasteiger partial charge is 0.294 e. The van der Waals surface area contributed by atoms with E-state index in [9.17, 15) is 4.79 Å². The van der Waals surface area contributed by atoms with Crippen molar-refractivity contribution in [1.82, 2.24) is 0 Å². The van der Waals surface area contributed by atoms with Crippen molar-refractivity contribution in [3.8, 4) is 0 Å². The summed E-state index contributed by atoms with van der Waals surface area (Å²) in [5.41, 5.74) is 1.86. The predicted octanol–water partition coefficient (Wildman–Crippen LogP) is 4.47. The molecule has 86 valence electrons. The maximum atomic E-state index is 11.8. The van der Waals surface area contributed by atoms with Gasteiger partial charge in [-0.2, -0.15) is 0 Å². The zero-order valence-electron chi connectivity index (χ0n) is 9.42. The molecule has 1 nitrogen and oxygen atoms in total. The third-order valence-electron chi connectivity index (χ3n) is 2.51. The fourth-order valence-electron chi connectivity index (χ4n) is 1.51. The van der Waals surface area contributed by atoms with E-state index in [1.807, 2.05) is 24.3 Å². The molecule has 0 fully saturated rings. The van der Waals surface area contributed by atoms with Gasteiger partial charge in [0.15, 0.2) is 5.78 Å². The zero-order valence-corrected chi connectivity index (χ0v) is 11.0. The number of carbonyl (C=O) groups excluding carboxylic acids is 1. The Kier molecular flexibility index (Phi) is 6.09. The first-order chi connectivity index (χ1) is 7.77. The number of carbonyl (C=O) groups is 1. The molecule has 16 heavy (non-hydrogen) atoms. The van der Waals surface area contributed by atoms with Crippen LogP contribution in [0.4, 0.5) is 0 Å². The molecule has 0 heterocycles. The van der Waals surface area contributed by atoms with Crippen LogP contribution in [0.2, 0.25) is 0 Å². The lowest BCUT2D eigenvalue weighted by Crippen LogP contribution is -1.98. The van der Waals surface area contributed by atoms with Crippen molar-refractivity contribution in [2.24, 2.45) is 0 Å². The van der Waals surface area contributed by atoms with Crippen molar-refractivity contribution in [1.29, 1.82) is 0 Å². The Bertz CT molecular complexity index is 340. The van der Waals surface area contributed by atoms with E-state index in [2.05, 4.69) is 22.5 Å². The quantitative estimate of drug-likeness (QED) is 0.409. The molecule has 0 unspecified atom stereocenters. The van der Waals surface area contributed by atoms with E-state index < -0.39 is 0 Å². The highest BCUT2D eigenvalue weighted by atomic mass is 79.9. The smallest absolute Gasteiger partial charge is 0.162 e. The number of unbranched alkanes of at least 4 members (excludes halogenated alkanes) is 2. The van der Waals surface area contributed by atoms with Gasteiger partial charge in [-0.1, -0.05) is 59.3 Å². The van der Waals surface area contributed by atoms with Gasteiger partial charge in [-0.05, 0) is 18.4 Å². The molecule has 1 rings (SSSR count). The number of alkyl halides is 1. The first-order valence-electron chi connectivity index (χ1n) is 5.59. The maximum Gasteiger partial charge on any atom is 0.162 e. The van der Waals surface area contributed by atoms with Crippen LogP contribution in [0.15, 0.2) is 30.8 Å². The normalized spacial score (nSPS) is 10.1. The van der Waals surface area contributed by atoms with Crippen LogP contribution in [0, 0.1) is 0 Å². The first-order valence-corrected chi connectivity index (χ1v) is 6.71. The Balaban J connectivity index is 2.43. The van der Waals surface area contributed by atoms with Crippen molar-refractivity contribution >= 4 is 27.8 Å². The van der Waals surface area contributed by atoms with E-state index in [1.54, 1.807) is 6.08 Å². The van der Waals surface area contributed by atoms with Crippen LogP contribution in [0.25, 0.3) is 6.08 Å². The molecule has 0 bridgehead atoms. The molecule has 0 atom stereocenters. The van der Waals surface area contributed by atoms with Gasteiger partial charge in [0, 0.05) is 17.3 Å². The third-order valence-corrected chi connectivity index (χ3v) is 3.07. The average molecular weight is 281 g/mol. The van der Waals surface area contributed by atoms with Crippen LogP contribution in [0.1, 0.15) is 41.6 Å². The van der Waals surface area contributed by atoms with Crippen LogP contribution in [0.5, 0.6) is 0 Å². The lowest BCUT2D eigenvalue weighted by molar-refractivity contribution is 0.0979. The molecule has 0 aromatic heterocycles. The Morgan fingerprint density at radius 3 is 2.44 bits per heavy atom. The molecule has 1 aromatic carbocycles. The highest BCUT2D eigenvalue weighted by molar-refractivity contribution is 9.09. The topological polar surface area (TPSA) is 17.1 Å². The van der Waals surface area contributed by atoms with Crippen LogP contribution in [0.3, 0.4) is 0 Å². The summed E-state index contributed by atoms with van der Waals surface area (Å²) in [6.45, 7) is 3.69. The van der Waals surface area contributed by atoms with Crippen molar-refractivity contribution in [3.05, 3.63) is 42.0 Å². The molecule has 0 spiro atoms.